The second-order valence-corrected chi connectivity index (χ2v) is 5.42. The first-order valence-corrected chi connectivity index (χ1v) is 7.81. The van der Waals surface area contributed by atoms with E-state index in [0.29, 0.717) is 31.1 Å². The lowest BCUT2D eigenvalue weighted by Crippen LogP contribution is -2.43. The number of nitrogens with one attached hydrogen (secondary N) is 1. The summed E-state index contributed by atoms with van der Waals surface area (Å²) in [7, 11) is 1.52. The van der Waals surface area contributed by atoms with Gasteiger partial charge in [-0.2, -0.15) is 0 Å². The highest BCUT2D eigenvalue weighted by atomic mass is 16.5. The molecule has 1 aliphatic rings. The number of nitrogens with zero attached hydrogens (tertiary/aromatic N) is 2. The molecule has 7 nitrogen and oxygen atoms in total. The van der Waals surface area contributed by atoms with Crippen molar-refractivity contribution in [3.05, 3.63) is 18.3 Å². The van der Waals surface area contributed by atoms with Crippen LogP contribution in [0.3, 0.4) is 0 Å². The molecule has 0 aliphatic carbocycles. The maximum atomic E-state index is 11.7. The number of piperidine rings is 1. The fraction of sp³-hybridized carbons (Fsp3) is 0.562. The molecule has 1 aromatic rings. The van der Waals surface area contributed by atoms with E-state index in [1.807, 2.05) is 0 Å². The van der Waals surface area contributed by atoms with E-state index in [2.05, 4.69) is 10.3 Å². The summed E-state index contributed by atoms with van der Waals surface area (Å²) in [5, 5.41) is 2.74. The molecule has 0 atom stereocenters. The van der Waals surface area contributed by atoms with Crippen LogP contribution in [0.15, 0.2) is 18.3 Å². The molecule has 0 saturated carbocycles. The number of anilines is 1. The zero-order valence-corrected chi connectivity index (χ0v) is 13.6. The molecule has 2 amide bonds. The van der Waals surface area contributed by atoms with Crippen LogP contribution in [0.5, 0.6) is 5.88 Å². The smallest absolute Gasteiger partial charge is 0.248 e. The molecule has 0 spiro atoms. The van der Waals surface area contributed by atoms with Gasteiger partial charge in [-0.25, -0.2) is 4.98 Å². The number of likely N-dealkylation sites (tertiary alicyclic amines) is 1. The van der Waals surface area contributed by atoms with Crippen LogP contribution in [0.4, 0.5) is 5.69 Å². The van der Waals surface area contributed by atoms with Crippen molar-refractivity contribution in [1.82, 2.24) is 9.88 Å². The third-order valence-electron chi connectivity index (χ3n) is 3.69. The van der Waals surface area contributed by atoms with Crippen LogP contribution in [-0.2, 0) is 14.3 Å². The molecule has 7 heteroatoms. The lowest BCUT2D eigenvalue weighted by molar-refractivity contribution is -0.136. The summed E-state index contributed by atoms with van der Waals surface area (Å²) in [5.74, 6) is 0.495. The minimum atomic E-state index is -0.0476. The van der Waals surface area contributed by atoms with E-state index in [9.17, 15) is 9.59 Å². The van der Waals surface area contributed by atoms with Crippen molar-refractivity contribution in [3.63, 3.8) is 0 Å². The third-order valence-corrected chi connectivity index (χ3v) is 3.69. The predicted molar refractivity (Wildman–Crippen MR) is 85.3 cm³/mol. The van der Waals surface area contributed by atoms with E-state index in [4.69, 9.17) is 9.47 Å². The molecule has 1 N–H and O–H groups in total. The highest BCUT2D eigenvalue weighted by molar-refractivity contribution is 5.90. The fourth-order valence-electron chi connectivity index (χ4n) is 2.38. The zero-order valence-electron chi connectivity index (χ0n) is 13.6. The number of ether oxygens (including phenoxy) is 2. The third kappa shape index (κ3) is 5.21. The molecule has 0 unspecified atom stereocenters. The van der Waals surface area contributed by atoms with E-state index >= 15 is 0 Å². The van der Waals surface area contributed by atoms with Gasteiger partial charge in [-0.3, -0.25) is 9.59 Å². The fourth-order valence-corrected chi connectivity index (χ4v) is 2.38. The Bertz CT molecular complexity index is 525. The van der Waals surface area contributed by atoms with Crippen LogP contribution >= 0.6 is 0 Å². The number of rotatable bonds is 6. The Morgan fingerprint density at radius 3 is 2.65 bits per heavy atom. The minimum Gasteiger partial charge on any atom is -0.474 e. The normalized spacial score (nSPS) is 15.3. The number of carbonyl (C=O) groups is 2. The number of hydrogen-bond acceptors (Lipinski definition) is 5. The summed E-state index contributed by atoms with van der Waals surface area (Å²) in [6.45, 7) is 3.25. The number of pyridine rings is 1. The average molecular weight is 321 g/mol. The molecule has 1 fully saturated rings. The molecule has 1 aliphatic heterocycles. The van der Waals surface area contributed by atoms with Gasteiger partial charge in [0.2, 0.25) is 17.7 Å². The number of aromatic nitrogens is 1. The molecular formula is C16H23N3O4. The van der Waals surface area contributed by atoms with Crippen molar-refractivity contribution in [3.8, 4) is 5.88 Å². The maximum Gasteiger partial charge on any atom is 0.248 e. The van der Waals surface area contributed by atoms with E-state index in [1.165, 1.54) is 7.11 Å². The van der Waals surface area contributed by atoms with E-state index in [0.717, 1.165) is 12.8 Å². The van der Waals surface area contributed by atoms with Gasteiger partial charge in [0.1, 0.15) is 12.7 Å². The minimum absolute atomic E-state index is 0.0140. The summed E-state index contributed by atoms with van der Waals surface area (Å²) in [4.78, 5) is 29.0. The second kappa shape index (κ2) is 8.47. The van der Waals surface area contributed by atoms with Gasteiger partial charge in [-0.05, 0) is 6.07 Å². The van der Waals surface area contributed by atoms with Crippen molar-refractivity contribution < 1.29 is 19.1 Å². The zero-order chi connectivity index (χ0) is 16.7. The van der Waals surface area contributed by atoms with Crippen molar-refractivity contribution in [2.75, 3.05) is 32.1 Å². The molecule has 0 radical (unpaired) electrons. The number of methoxy groups -OCH3 is 1. The Kier molecular flexibility index (Phi) is 6.34. The van der Waals surface area contributed by atoms with Crippen LogP contribution in [0, 0.1) is 0 Å². The van der Waals surface area contributed by atoms with Crippen LogP contribution in [0.25, 0.3) is 0 Å². The summed E-state index contributed by atoms with van der Waals surface area (Å²) < 4.78 is 10.7. The monoisotopic (exact) mass is 321 g/mol. The second-order valence-electron chi connectivity index (χ2n) is 5.42. The topological polar surface area (TPSA) is 80.8 Å². The van der Waals surface area contributed by atoms with Gasteiger partial charge in [-0.1, -0.05) is 6.92 Å². The van der Waals surface area contributed by atoms with Crippen molar-refractivity contribution in [2.45, 2.75) is 32.3 Å². The van der Waals surface area contributed by atoms with Crippen LogP contribution in [0.1, 0.15) is 26.2 Å². The van der Waals surface area contributed by atoms with Gasteiger partial charge < -0.3 is 19.7 Å². The quantitative estimate of drug-likeness (QED) is 0.857. The Hall–Kier alpha value is -2.15. The molecule has 23 heavy (non-hydrogen) atoms. The molecule has 1 saturated heterocycles. The molecule has 2 rings (SSSR count). The average Bonchev–Trinajstić information content (AvgIpc) is 2.57. The van der Waals surface area contributed by atoms with Crippen LogP contribution in [0.2, 0.25) is 0 Å². The summed E-state index contributed by atoms with van der Waals surface area (Å²) >= 11 is 0. The Balaban J connectivity index is 1.80. The number of carbonyl (C=O) groups excluding carboxylic acids is 2. The van der Waals surface area contributed by atoms with Gasteiger partial charge in [0, 0.05) is 45.5 Å². The van der Waals surface area contributed by atoms with Gasteiger partial charge in [0.15, 0.2) is 0 Å². The Morgan fingerprint density at radius 1 is 1.35 bits per heavy atom. The first-order chi connectivity index (χ1) is 11.1. The van der Waals surface area contributed by atoms with Gasteiger partial charge in [-0.15, -0.1) is 0 Å². The lowest BCUT2D eigenvalue weighted by atomic mass is 10.1. The first kappa shape index (κ1) is 17.2. The molecule has 0 aromatic carbocycles. The van der Waals surface area contributed by atoms with Crippen molar-refractivity contribution in [2.24, 2.45) is 0 Å². The molecule has 0 bridgehead atoms. The summed E-state index contributed by atoms with van der Waals surface area (Å²) in [6.07, 6.45) is 3.60. The van der Waals surface area contributed by atoms with E-state index < -0.39 is 0 Å². The Labute approximate surface area is 136 Å². The predicted octanol–water partition coefficient (Wildman–Crippen LogP) is 1.45. The molecule has 126 valence electrons. The van der Waals surface area contributed by atoms with E-state index in [1.54, 1.807) is 30.2 Å². The van der Waals surface area contributed by atoms with Crippen LogP contribution < -0.4 is 10.1 Å². The van der Waals surface area contributed by atoms with E-state index in [-0.39, 0.29) is 24.5 Å². The number of hydrogen-bond donors (Lipinski definition) is 1. The molecular weight excluding hydrogens is 298 g/mol. The Morgan fingerprint density at radius 2 is 2.09 bits per heavy atom. The highest BCUT2D eigenvalue weighted by Gasteiger charge is 2.23. The first-order valence-electron chi connectivity index (χ1n) is 7.81. The van der Waals surface area contributed by atoms with Gasteiger partial charge >= 0.3 is 0 Å². The largest absolute Gasteiger partial charge is 0.474 e. The lowest BCUT2D eigenvalue weighted by Gasteiger charge is -2.31. The van der Waals surface area contributed by atoms with Gasteiger partial charge in [0.05, 0.1) is 11.9 Å². The molecule has 2 heterocycles. The van der Waals surface area contributed by atoms with Gasteiger partial charge in [0.25, 0.3) is 0 Å². The van der Waals surface area contributed by atoms with Crippen molar-refractivity contribution >= 4 is 17.5 Å². The summed E-state index contributed by atoms with van der Waals surface area (Å²) in [6, 6.07) is 3.51. The maximum absolute atomic E-state index is 11.7. The summed E-state index contributed by atoms with van der Waals surface area (Å²) in [5.41, 5.74) is 0.657. The number of amides is 2. The molecule has 1 aromatic heterocycles. The SMILES string of the molecule is CCC(=O)Nc1ccc(OC2CCN(C(=O)COC)CC2)nc1. The highest BCUT2D eigenvalue weighted by Crippen LogP contribution is 2.19. The van der Waals surface area contributed by atoms with Crippen LogP contribution in [-0.4, -0.2) is 54.6 Å². The van der Waals surface area contributed by atoms with Crippen molar-refractivity contribution in [1.29, 1.82) is 0 Å². The standard InChI is InChI=1S/C16H23N3O4/c1-3-14(20)18-12-4-5-15(17-10-12)23-13-6-8-19(9-7-13)16(21)11-22-2/h4-5,10,13H,3,6-9,11H2,1-2H3,(H,18,20).